The molecule has 6 nitrogen and oxygen atoms in total. The minimum atomic E-state index is -3.25. The highest BCUT2D eigenvalue weighted by atomic mass is 32.2. The predicted molar refractivity (Wildman–Crippen MR) is 82.1 cm³/mol. The third-order valence-electron chi connectivity index (χ3n) is 3.05. The predicted octanol–water partition coefficient (Wildman–Crippen LogP) is 1.39. The molecule has 0 aromatic heterocycles. The molecule has 0 rings (SSSR count). The number of hydrogen-bond acceptors (Lipinski definition) is 3. The van der Waals surface area contributed by atoms with Crippen LogP contribution in [0, 0.1) is 5.41 Å². The maximum atomic E-state index is 11.8. The molecular formula is C13H29N3O3S. The van der Waals surface area contributed by atoms with Crippen molar-refractivity contribution < 1.29 is 13.2 Å². The first-order valence-corrected chi connectivity index (χ1v) is 8.52. The van der Waals surface area contributed by atoms with Crippen LogP contribution in [0.3, 0.4) is 0 Å². The topological polar surface area (TPSA) is 78.5 Å². The molecule has 2 N–H and O–H groups in total. The normalized spacial score (nSPS) is 14.4. The molecular weight excluding hydrogens is 278 g/mol. The van der Waals surface area contributed by atoms with E-state index in [0.717, 1.165) is 0 Å². The quantitative estimate of drug-likeness (QED) is 0.778. The zero-order valence-corrected chi connectivity index (χ0v) is 14.5. The minimum absolute atomic E-state index is 0.0349. The molecule has 0 heterocycles. The molecule has 0 aromatic carbocycles. The molecule has 20 heavy (non-hydrogen) atoms. The van der Waals surface area contributed by atoms with Gasteiger partial charge in [0.2, 0.25) is 10.0 Å². The molecule has 0 aliphatic heterocycles. The SMILES string of the molecule is CCS(=O)(=O)N(C)CC(NC(=O)NC(C)C)C(C)(C)C. The third-order valence-corrected chi connectivity index (χ3v) is 4.88. The van der Waals surface area contributed by atoms with E-state index in [2.05, 4.69) is 10.6 Å². The van der Waals surface area contributed by atoms with E-state index in [1.54, 1.807) is 14.0 Å². The van der Waals surface area contributed by atoms with Crippen LogP contribution in [0.2, 0.25) is 0 Å². The van der Waals surface area contributed by atoms with Gasteiger partial charge in [-0.2, -0.15) is 0 Å². The lowest BCUT2D eigenvalue weighted by molar-refractivity contribution is 0.205. The Balaban J connectivity index is 4.89. The van der Waals surface area contributed by atoms with Gasteiger partial charge in [-0.15, -0.1) is 0 Å². The summed E-state index contributed by atoms with van der Waals surface area (Å²) < 4.78 is 24.9. The Morgan fingerprint density at radius 1 is 1.20 bits per heavy atom. The summed E-state index contributed by atoms with van der Waals surface area (Å²) in [5.74, 6) is 0.0541. The van der Waals surface area contributed by atoms with Crippen molar-refractivity contribution in [3.8, 4) is 0 Å². The van der Waals surface area contributed by atoms with E-state index in [0.29, 0.717) is 0 Å². The largest absolute Gasteiger partial charge is 0.336 e. The van der Waals surface area contributed by atoms with E-state index >= 15 is 0 Å². The minimum Gasteiger partial charge on any atom is -0.336 e. The Morgan fingerprint density at radius 2 is 1.70 bits per heavy atom. The number of carbonyl (C=O) groups is 1. The number of sulfonamides is 1. The zero-order chi connectivity index (χ0) is 16.1. The Bertz CT molecular complexity index is 413. The number of rotatable bonds is 6. The summed E-state index contributed by atoms with van der Waals surface area (Å²) in [5.41, 5.74) is -0.244. The smallest absolute Gasteiger partial charge is 0.315 e. The number of nitrogens with zero attached hydrogens (tertiary/aromatic N) is 1. The number of likely N-dealkylation sites (N-methyl/N-ethyl adjacent to an activating group) is 1. The molecule has 0 radical (unpaired) electrons. The van der Waals surface area contributed by atoms with Crippen LogP contribution >= 0.6 is 0 Å². The molecule has 1 atom stereocenters. The second kappa shape index (κ2) is 7.26. The molecule has 0 aromatic rings. The maximum absolute atomic E-state index is 11.8. The van der Waals surface area contributed by atoms with Crippen molar-refractivity contribution in [2.75, 3.05) is 19.3 Å². The highest BCUT2D eigenvalue weighted by molar-refractivity contribution is 7.89. The standard InChI is InChI=1S/C13H29N3O3S/c1-8-20(18,19)16(7)9-11(13(4,5)6)15-12(17)14-10(2)3/h10-11H,8-9H2,1-7H3,(H2,14,15,17). The lowest BCUT2D eigenvalue weighted by Crippen LogP contribution is -2.54. The van der Waals surface area contributed by atoms with Gasteiger partial charge in [-0.3, -0.25) is 0 Å². The zero-order valence-electron chi connectivity index (χ0n) is 13.6. The highest BCUT2D eigenvalue weighted by Gasteiger charge is 2.30. The van der Waals surface area contributed by atoms with Crippen LogP contribution in [0.25, 0.3) is 0 Å². The summed E-state index contributed by atoms with van der Waals surface area (Å²) in [6.45, 7) is 11.5. The van der Waals surface area contributed by atoms with Gasteiger partial charge in [0.05, 0.1) is 5.75 Å². The number of amides is 2. The monoisotopic (exact) mass is 307 g/mol. The van der Waals surface area contributed by atoms with Gasteiger partial charge in [-0.25, -0.2) is 17.5 Å². The molecule has 7 heteroatoms. The lowest BCUT2D eigenvalue weighted by Gasteiger charge is -2.34. The summed E-state index contributed by atoms with van der Waals surface area (Å²) in [5, 5.41) is 5.61. The van der Waals surface area contributed by atoms with E-state index in [-0.39, 0.29) is 35.8 Å². The van der Waals surface area contributed by atoms with Gasteiger partial charge in [-0.05, 0) is 26.2 Å². The van der Waals surface area contributed by atoms with Crippen LogP contribution < -0.4 is 10.6 Å². The molecule has 0 aliphatic rings. The van der Waals surface area contributed by atoms with Crippen LogP contribution in [-0.2, 0) is 10.0 Å². The van der Waals surface area contributed by atoms with Crippen LogP contribution in [0.4, 0.5) is 4.79 Å². The van der Waals surface area contributed by atoms with Gasteiger partial charge in [0, 0.05) is 25.7 Å². The van der Waals surface area contributed by atoms with Crippen LogP contribution in [0.1, 0.15) is 41.5 Å². The van der Waals surface area contributed by atoms with Gasteiger partial charge >= 0.3 is 6.03 Å². The van der Waals surface area contributed by atoms with Gasteiger partial charge in [0.25, 0.3) is 0 Å². The fraction of sp³-hybridized carbons (Fsp3) is 0.923. The molecule has 0 saturated carbocycles. The Morgan fingerprint density at radius 3 is 2.05 bits per heavy atom. The fourth-order valence-electron chi connectivity index (χ4n) is 1.59. The molecule has 0 spiro atoms. The van der Waals surface area contributed by atoms with E-state index in [4.69, 9.17) is 0 Å². The van der Waals surface area contributed by atoms with Gasteiger partial charge in [0.15, 0.2) is 0 Å². The second-order valence-corrected chi connectivity index (χ2v) is 8.74. The number of nitrogens with one attached hydrogen (secondary N) is 2. The molecule has 120 valence electrons. The van der Waals surface area contributed by atoms with Crippen molar-refractivity contribution in [2.45, 2.75) is 53.6 Å². The fourth-order valence-corrected chi connectivity index (χ4v) is 2.41. The summed E-state index contributed by atoms with van der Waals surface area (Å²) in [6, 6.07) is -0.512. The third kappa shape index (κ3) is 6.56. The first-order valence-electron chi connectivity index (χ1n) is 6.91. The summed E-state index contributed by atoms with van der Waals surface area (Å²) in [6.07, 6.45) is 0. The van der Waals surface area contributed by atoms with Crippen molar-refractivity contribution >= 4 is 16.1 Å². The van der Waals surface area contributed by atoms with Gasteiger partial charge < -0.3 is 10.6 Å². The van der Waals surface area contributed by atoms with Gasteiger partial charge in [-0.1, -0.05) is 20.8 Å². The first kappa shape index (κ1) is 19.2. The van der Waals surface area contributed by atoms with Crippen molar-refractivity contribution in [1.82, 2.24) is 14.9 Å². The molecule has 0 bridgehead atoms. The Hall–Kier alpha value is -0.820. The lowest BCUT2D eigenvalue weighted by atomic mass is 9.87. The van der Waals surface area contributed by atoms with Crippen LogP contribution in [0.15, 0.2) is 0 Å². The summed E-state index contributed by atoms with van der Waals surface area (Å²) >= 11 is 0. The first-order chi connectivity index (χ1) is 8.90. The molecule has 2 amide bonds. The van der Waals surface area contributed by atoms with Crippen molar-refractivity contribution in [3.05, 3.63) is 0 Å². The molecule has 1 unspecified atom stereocenters. The summed E-state index contributed by atoms with van der Waals surface area (Å²) in [4.78, 5) is 11.8. The molecule has 0 fully saturated rings. The van der Waals surface area contributed by atoms with E-state index in [1.165, 1.54) is 4.31 Å². The van der Waals surface area contributed by atoms with Crippen molar-refractivity contribution in [1.29, 1.82) is 0 Å². The van der Waals surface area contributed by atoms with E-state index < -0.39 is 10.0 Å². The average Bonchev–Trinajstić information content (AvgIpc) is 2.25. The highest BCUT2D eigenvalue weighted by Crippen LogP contribution is 2.20. The Labute approximate surface area is 123 Å². The number of hydrogen-bond donors (Lipinski definition) is 2. The van der Waals surface area contributed by atoms with Crippen molar-refractivity contribution in [2.24, 2.45) is 5.41 Å². The molecule has 0 saturated heterocycles. The number of urea groups is 1. The summed E-state index contributed by atoms with van der Waals surface area (Å²) in [7, 11) is -1.71. The molecule has 0 aliphatic carbocycles. The number of carbonyl (C=O) groups excluding carboxylic acids is 1. The van der Waals surface area contributed by atoms with Crippen LogP contribution in [-0.4, -0.2) is 50.2 Å². The maximum Gasteiger partial charge on any atom is 0.315 e. The second-order valence-electron chi connectivity index (χ2n) is 6.37. The van der Waals surface area contributed by atoms with Gasteiger partial charge in [0.1, 0.15) is 0 Å². The van der Waals surface area contributed by atoms with Crippen molar-refractivity contribution in [3.63, 3.8) is 0 Å². The van der Waals surface area contributed by atoms with E-state index in [1.807, 2.05) is 34.6 Å². The Kier molecular flexibility index (Phi) is 6.97. The van der Waals surface area contributed by atoms with E-state index in [9.17, 15) is 13.2 Å². The average molecular weight is 307 g/mol. The van der Waals surface area contributed by atoms with Crippen LogP contribution in [0.5, 0.6) is 0 Å².